The fourth-order valence-electron chi connectivity index (χ4n) is 3.69. The number of nitrogens with zero attached hydrogens (tertiary/aromatic N) is 7. The maximum atomic E-state index is 10.3. The zero-order chi connectivity index (χ0) is 25.5. The number of rotatable bonds is 8. The topological polar surface area (TPSA) is 123 Å². The summed E-state index contributed by atoms with van der Waals surface area (Å²) in [5.74, 6) is 1.31. The van der Waals surface area contributed by atoms with E-state index in [0.717, 1.165) is 31.6 Å². The standard InChI is InChI=1S/C26H24ClN9O/c27-21-10-4-5-11-22(21)34-33-20-12-13-23(37)18(16-20)17-28-35-25-30-24(29-19-8-2-1-3-9-19)31-26(32-25)36-14-6-7-15-36/h1-5,8-13,16-17,37H,6-7,14-15H2,(H2,29,30,31,32,35)/b28-17-,34-33?. The summed E-state index contributed by atoms with van der Waals surface area (Å²) in [4.78, 5) is 15.7. The Morgan fingerprint density at radius 2 is 1.62 bits per heavy atom. The zero-order valence-corrected chi connectivity index (χ0v) is 20.5. The molecule has 0 spiro atoms. The predicted molar refractivity (Wildman–Crippen MR) is 146 cm³/mol. The number of phenolic OH excluding ortho intramolecular Hbond substituents is 1. The molecule has 1 aliphatic heterocycles. The SMILES string of the molecule is Oc1ccc(N=Nc2ccccc2Cl)cc1/C=N\Nc1nc(Nc2ccccc2)nc(N2CCCC2)n1. The zero-order valence-electron chi connectivity index (χ0n) is 19.8. The van der Waals surface area contributed by atoms with Crippen LogP contribution in [0.2, 0.25) is 5.02 Å². The van der Waals surface area contributed by atoms with Gasteiger partial charge in [0.05, 0.1) is 16.9 Å². The Bertz CT molecular complexity index is 1420. The number of benzene rings is 3. The van der Waals surface area contributed by atoms with Gasteiger partial charge in [-0.2, -0.15) is 25.2 Å². The predicted octanol–water partition coefficient (Wildman–Crippen LogP) is 6.44. The first kappa shape index (κ1) is 24.1. The molecule has 4 aromatic rings. The summed E-state index contributed by atoms with van der Waals surface area (Å²) in [6, 6.07) is 21.7. The monoisotopic (exact) mass is 513 g/mol. The summed E-state index contributed by atoms with van der Waals surface area (Å²) in [5, 5.41) is 26.6. The van der Waals surface area contributed by atoms with E-state index in [1.165, 1.54) is 12.3 Å². The third-order valence-electron chi connectivity index (χ3n) is 5.55. The van der Waals surface area contributed by atoms with Crippen LogP contribution in [0.3, 0.4) is 0 Å². The molecule has 1 aliphatic rings. The molecule has 1 fully saturated rings. The van der Waals surface area contributed by atoms with Crippen LogP contribution >= 0.6 is 11.6 Å². The van der Waals surface area contributed by atoms with Gasteiger partial charge in [0.15, 0.2) is 0 Å². The lowest BCUT2D eigenvalue weighted by Crippen LogP contribution is -2.21. The highest BCUT2D eigenvalue weighted by Gasteiger charge is 2.17. The first-order valence-electron chi connectivity index (χ1n) is 11.8. The van der Waals surface area contributed by atoms with Crippen molar-refractivity contribution in [2.24, 2.45) is 15.3 Å². The molecule has 11 heteroatoms. The van der Waals surface area contributed by atoms with Crippen molar-refractivity contribution >= 4 is 52.7 Å². The molecule has 0 atom stereocenters. The van der Waals surface area contributed by atoms with E-state index in [1.807, 2.05) is 42.5 Å². The summed E-state index contributed by atoms with van der Waals surface area (Å²) in [6.45, 7) is 1.78. The summed E-state index contributed by atoms with van der Waals surface area (Å²) in [6.07, 6.45) is 3.66. The molecule has 0 bridgehead atoms. The van der Waals surface area contributed by atoms with E-state index in [-0.39, 0.29) is 11.7 Å². The summed E-state index contributed by atoms with van der Waals surface area (Å²) < 4.78 is 0. The minimum absolute atomic E-state index is 0.0436. The smallest absolute Gasteiger partial charge is 0.250 e. The van der Waals surface area contributed by atoms with E-state index < -0.39 is 0 Å². The lowest BCUT2D eigenvalue weighted by Gasteiger charge is -2.16. The quantitative estimate of drug-likeness (QED) is 0.141. The van der Waals surface area contributed by atoms with Gasteiger partial charge in [-0.05, 0) is 55.3 Å². The highest BCUT2D eigenvalue weighted by atomic mass is 35.5. The molecule has 0 unspecified atom stereocenters. The van der Waals surface area contributed by atoms with Gasteiger partial charge in [0.2, 0.25) is 17.8 Å². The van der Waals surface area contributed by atoms with E-state index in [1.54, 1.807) is 24.3 Å². The Hall–Kier alpha value is -4.57. The van der Waals surface area contributed by atoms with Gasteiger partial charge in [0.25, 0.3) is 0 Å². The lowest BCUT2D eigenvalue weighted by molar-refractivity contribution is 0.474. The molecule has 37 heavy (non-hydrogen) atoms. The van der Waals surface area contributed by atoms with Gasteiger partial charge in [-0.15, -0.1) is 5.11 Å². The number of hydrogen-bond donors (Lipinski definition) is 3. The minimum atomic E-state index is 0.0436. The van der Waals surface area contributed by atoms with Crippen LogP contribution in [0.25, 0.3) is 0 Å². The van der Waals surface area contributed by atoms with Crippen molar-refractivity contribution in [3.63, 3.8) is 0 Å². The number of hydrazone groups is 1. The minimum Gasteiger partial charge on any atom is -0.507 e. The Labute approximate surface area is 218 Å². The largest absolute Gasteiger partial charge is 0.507 e. The fraction of sp³-hybridized carbons (Fsp3) is 0.154. The van der Waals surface area contributed by atoms with Crippen LogP contribution in [0, 0.1) is 0 Å². The van der Waals surface area contributed by atoms with Gasteiger partial charge in [-0.25, -0.2) is 5.43 Å². The number of nitrogens with one attached hydrogen (secondary N) is 2. The number of aromatic hydroxyl groups is 1. The van der Waals surface area contributed by atoms with Gasteiger partial charge in [0.1, 0.15) is 11.4 Å². The van der Waals surface area contributed by atoms with Crippen molar-refractivity contribution in [1.29, 1.82) is 0 Å². The molecule has 1 saturated heterocycles. The van der Waals surface area contributed by atoms with Gasteiger partial charge >= 0.3 is 0 Å². The maximum absolute atomic E-state index is 10.3. The maximum Gasteiger partial charge on any atom is 0.250 e. The molecule has 3 N–H and O–H groups in total. The molecule has 3 aromatic carbocycles. The van der Waals surface area contributed by atoms with Gasteiger partial charge in [-0.3, -0.25) is 0 Å². The van der Waals surface area contributed by atoms with Crippen LogP contribution < -0.4 is 15.6 Å². The molecular weight excluding hydrogens is 490 g/mol. The van der Waals surface area contributed by atoms with Gasteiger partial charge < -0.3 is 15.3 Å². The molecular formula is C26H24ClN9O. The third-order valence-corrected chi connectivity index (χ3v) is 5.87. The summed E-state index contributed by atoms with van der Waals surface area (Å²) >= 11 is 6.14. The van der Waals surface area contributed by atoms with E-state index >= 15 is 0 Å². The second-order valence-electron chi connectivity index (χ2n) is 8.23. The van der Waals surface area contributed by atoms with Crippen molar-refractivity contribution in [2.45, 2.75) is 12.8 Å². The van der Waals surface area contributed by atoms with Crippen LogP contribution in [0.15, 0.2) is 88.1 Å². The molecule has 0 amide bonds. The Morgan fingerprint density at radius 1 is 0.865 bits per heavy atom. The Kier molecular flexibility index (Phi) is 7.47. The molecule has 0 radical (unpaired) electrons. The van der Waals surface area contributed by atoms with Crippen LogP contribution in [0.4, 0.5) is 34.9 Å². The Morgan fingerprint density at radius 3 is 2.43 bits per heavy atom. The van der Waals surface area contributed by atoms with E-state index in [2.05, 4.69) is 45.9 Å². The van der Waals surface area contributed by atoms with E-state index in [9.17, 15) is 5.11 Å². The van der Waals surface area contributed by atoms with Crippen molar-refractivity contribution in [1.82, 2.24) is 15.0 Å². The average Bonchev–Trinajstić information content (AvgIpc) is 3.46. The second kappa shape index (κ2) is 11.4. The number of para-hydroxylation sites is 1. The fourth-order valence-corrected chi connectivity index (χ4v) is 3.86. The molecule has 0 saturated carbocycles. The molecule has 5 rings (SSSR count). The van der Waals surface area contributed by atoms with Crippen molar-refractivity contribution < 1.29 is 5.11 Å². The first-order valence-corrected chi connectivity index (χ1v) is 12.1. The Balaban J connectivity index is 1.34. The number of hydrogen-bond acceptors (Lipinski definition) is 10. The third kappa shape index (κ3) is 6.36. The van der Waals surface area contributed by atoms with Crippen molar-refractivity contribution in [3.8, 4) is 5.75 Å². The number of aromatic nitrogens is 3. The normalized spacial score (nSPS) is 13.5. The van der Waals surface area contributed by atoms with Gasteiger partial charge in [-0.1, -0.05) is 41.9 Å². The highest BCUT2D eigenvalue weighted by Crippen LogP contribution is 2.28. The van der Waals surface area contributed by atoms with Crippen molar-refractivity contribution in [3.05, 3.63) is 83.4 Å². The molecule has 2 heterocycles. The van der Waals surface area contributed by atoms with Gasteiger partial charge in [0, 0.05) is 24.3 Å². The number of anilines is 4. The lowest BCUT2D eigenvalue weighted by atomic mass is 10.2. The molecule has 186 valence electrons. The van der Waals surface area contributed by atoms with E-state index in [4.69, 9.17) is 11.6 Å². The summed E-state index contributed by atoms with van der Waals surface area (Å²) in [7, 11) is 0. The molecule has 1 aromatic heterocycles. The molecule has 10 nitrogen and oxygen atoms in total. The highest BCUT2D eigenvalue weighted by molar-refractivity contribution is 6.32. The van der Waals surface area contributed by atoms with Crippen LogP contribution in [0.1, 0.15) is 18.4 Å². The number of phenols is 1. The molecule has 0 aliphatic carbocycles. The van der Waals surface area contributed by atoms with E-state index in [0.29, 0.717) is 33.9 Å². The average molecular weight is 514 g/mol. The second-order valence-corrected chi connectivity index (χ2v) is 8.64. The van der Waals surface area contributed by atoms with Crippen LogP contribution in [-0.2, 0) is 0 Å². The number of azo groups is 1. The first-order chi connectivity index (χ1) is 18.1. The van der Waals surface area contributed by atoms with Crippen LogP contribution in [-0.4, -0.2) is 39.4 Å². The van der Waals surface area contributed by atoms with Crippen molar-refractivity contribution in [2.75, 3.05) is 28.7 Å². The summed E-state index contributed by atoms with van der Waals surface area (Å²) in [5.41, 5.74) is 5.25. The number of halogens is 1. The van der Waals surface area contributed by atoms with Crippen LogP contribution in [0.5, 0.6) is 5.75 Å².